The van der Waals surface area contributed by atoms with E-state index in [1.165, 1.54) is 5.56 Å². The lowest BCUT2D eigenvalue weighted by Crippen LogP contribution is -3.00. The van der Waals surface area contributed by atoms with E-state index in [0.29, 0.717) is 0 Å². The third-order valence-corrected chi connectivity index (χ3v) is 2.24. The largest absolute Gasteiger partial charge is 1.00 e. The van der Waals surface area contributed by atoms with Gasteiger partial charge in [0.15, 0.2) is 0 Å². The van der Waals surface area contributed by atoms with E-state index in [1.807, 2.05) is 12.1 Å². The molecule has 0 aliphatic heterocycles. The van der Waals surface area contributed by atoms with Crippen LogP contribution in [-0.4, -0.2) is 32.2 Å². The van der Waals surface area contributed by atoms with Crippen LogP contribution in [0.3, 0.4) is 0 Å². The molecular formula is C11H17BrClN. The molecule has 0 aliphatic carbocycles. The van der Waals surface area contributed by atoms with Gasteiger partial charge in [-0.3, -0.25) is 0 Å². The molecule has 1 aromatic carbocycles. The standard InChI is InChI=1S/C11H17ClN.BrH/c1-13(2,3)9-8-10-4-6-11(12)7-5-10;/h4-7H,8-9H2,1-3H3;1H/q+1;/p-1. The normalized spacial score (nSPS) is 10.9. The second-order valence-electron chi connectivity index (χ2n) is 4.39. The molecule has 0 unspecified atom stereocenters. The van der Waals surface area contributed by atoms with Crippen LogP contribution in [0.2, 0.25) is 5.02 Å². The maximum Gasteiger partial charge on any atom is 0.0821 e. The van der Waals surface area contributed by atoms with Crippen LogP contribution in [0.15, 0.2) is 24.3 Å². The van der Waals surface area contributed by atoms with Gasteiger partial charge in [0.1, 0.15) is 0 Å². The summed E-state index contributed by atoms with van der Waals surface area (Å²) in [5, 5.41) is 0.814. The quantitative estimate of drug-likeness (QED) is 0.660. The average Bonchev–Trinajstić information content (AvgIpc) is 2.02. The molecule has 0 saturated heterocycles. The maximum atomic E-state index is 5.80. The van der Waals surface area contributed by atoms with Crippen LogP contribution < -0.4 is 17.0 Å². The molecule has 0 aliphatic rings. The molecule has 0 bridgehead atoms. The van der Waals surface area contributed by atoms with E-state index >= 15 is 0 Å². The van der Waals surface area contributed by atoms with Crippen LogP contribution in [0.5, 0.6) is 0 Å². The van der Waals surface area contributed by atoms with Crippen LogP contribution in [-0.2, 0) is 6.42 Å². The Balaban J connectivity index is 0.00000169. The number of quaternary nitrogens is 1. The van der Waals surface area contributed by atoms with Crippen molar-refractivity contribution in [1.29, 1.82) is 0 Å². The number of benzene rings is 1. The first kappa shape index (κ1) is 13.9. The van der Waals surface area contributed by atoms with E-state index in [-0.39, 0.29) is 17.0 Å². The van der Waals surface area contributed by atoms with E-state index < -0.39 is 0 Å². The topological polar surface area (TPSA) is 0 Å². The third-order valence-electron chi connectivity index (χ3n) is 1.98. The van der Waals surface area contributed by atoms with Crippen molar-refractivity contribution in [2.24, 2.45) is 0 Å². The molecule has 0 atom stereocenters. The summed E-state index contributed by atoms with van der Waals surface area (Å²) in [6.07, 6.45) is 1.11. The van der Waals surface area contributed by atoms with Crippen molar-refractivity contribution in [1.82, 2.24) is 0 Å². The Bertz CT molecular complexity index is 264. The molecule has 0 fully saturated rings. The van der Waals surface area contributed by atoms with Gasteiger partial charge in [-0.2, -0.15) is 0 Å². The summed E-state index contributed by atoms with van der Waals surface area (Å²) in [5.41, 5.74) is 1.36. The van der Waals surface area contributed by atoms with Crippen molar-refractivity contribution in [3.63, 3.8) is 0 Å². The van der Waals surface area contributed by atoms with Crippen LogP contribution in [0, 0.1) is 0 Å². The van der Waals surface area contributed by atoms with Crippen molar-refractivity contribution in [3.05, 3.63) is 34.9 Å². The van der Waals surface area contributed by atoms with E-state index in [1.54, 1.807) is 0 Å². The minimum atomic E-state index is 0. The molecule has 1 rings (SSSR count). The van der Waals surface area contributed by atoms with E-state index in [4.69, 9.17) is 11.6 Å². The minimum Gasteiger partial charge on any atom is -1.00 e. The highest BCUT2D eigenvalue weighted by molar-refractivity contribution is 6.30. The molecule has 0 radical (unpaired) electrons. The van der Waals surface area contributed by atoms with E-state index in [2.05, 4.69) is 33.3 Å². The molecule has 3 heteroatoms. The molecule has 0 N–H and O–H groups in total. The van der Waals surface area contributed by atoms with Gasteiger partial charge >= 0.3 is 0 Å². The molecule has 1 nitrogen and oxygen atoms in total. The predicted molar refractivity (Wildman–Crippen MR) is 58.1 cm³/mol. The lowest BCUT2D eigenvalue weighted by atomic mass is 10.1. The number of hydrogen-bond donors (Lipinski definition) is 0. The third kappa shape index (κ3) is 5.63. The van der Waals surface area contributed by atoms with Gasteiger partial charge < -0.3 is 21.5 Å². The Kier molecular flexibility index (Phi) is 5.72. The molecule has 0 aromatic heterocycles. The van der Waals surface area contributed by atoms with Crippen molar-refractivity contribution >= 4 is 11.6 Å². The zero-order valence-electron chi connectivity index (χ0n) is 8.93. The highest BCUT2D eigenvalue weighted by atomic mass is 79.9. The molecule has 0 saturated carbocycles. The van der Waals surface area contributed by atoms with Gasteiger partial charge in [0.2, 0.25) is 0 Å². The first-order chi connectivity index (χ1) is 5.97. The number of hydrogen-bond acceptors (Lipinski definition) is 0. The van der Waals surface area contributed by atoms with Gasteiger partial charge in [-0.15, -0.1) is 0 Å². The van der Waals surface area contributed by atoms with Gasteiger partial charge in [-0.1, -0.05) is 23.7 Å². The molecular weight excluding hydrogens is 261 g/mol. The van der Waals surface area contributed by atoms with E-state index in [0.717, 1.165) is 22.5 Å². The van der Waals surface area contributed by atoms with Crippen LogP contribution in [0.1, 0.15) is 5.56 Å². The lowest BCUT2D eigenvalue weighted by Gasteiger charge is -2.23. The SMILES string of the molecule is C[N+](C)(C)CCc1ccc(Cl)cc1.[Br-]. The van der Waals surface area contributed by atoms with Crippen molar-refractivity contribution in [2.75, 3.05) is 27.7 Å². The van der Waals surface area contributed by atoms with Gasteiger partial charge in [0, 0.05) is 11.4 Å². The zero-order valence-corrected chi connectivity index (χ0v) is 11.3. The number of nitrogens with zero attached hydrogens (tertiary/aromatic N) is 1. The van der Waals surface area contributed by atoms with E-state index in [9.17, 15) is 0 Å². The number of likely N-dealkylation sites (N-methyl/N-ethyl adjacent to an activating group) is 1. The molecule has 80 valence electrons. The van der Waals surface area contributed by atoms with Crippen LogP contribution in [0.4, 0.5) is 0 Å². The molecule has 0 amide bonds. The van der Waals surface area contributed by atoms with Crippen LogP contribution in [0.25, 0.3) is 0 Å². The van der Waals surface area contributed by atoms with Crippen molar-refractivity contribution in [2.45, 2.75) is 6.42 Å². The summed E-state index contributed by atoms with van der Waals surface area (Å²) in [5.74, 6) is 0. The first-order valence-corrected chi connectivity index (χ1v) is 4.90. The summed E-state index contributed by atoms with van der Waals surface area (Å²) in [7, 11) is 6.61. The second-order valence-corrected chi connectivity index (χ2v) is 4.83. The fourth-order valence-corrected chi connectivity index (χ4v) is 1.24. The summed E-state index contributed by atoms with van der Waals surface area (Å²) in [6, 6.07) is 8.09. The smallest absolute Gasteiger partial charge is 0.0821 e. The zero-order chi connectivity index (χ0) is 9.90. The summed E-state index contributed by atoms with van der Waals surface area (Å²) in [6.45, 7) is 1.15. The molecule has 1 aromatic rings. The van der Waals surface area contributed by atoms with Gasteiger partial charge in [0.25, 0.3) is 0 Å². The summed E-state index contributed by atoms with van der Waals surface area (Å²) in [4.78, 5) is 0. The molecule has 0 spiro atoms. The van der Waals surface area contributed by atoms with Gasteiger partial charge in [-0.05, 0) is 17.7 Å². The Labute approximate surface area is 102 Å². The first-order valence-electron chi connectivity index (χ1n) is 4.52. The molecule has 14 heavy (non-hydrogen) atoms. The summed E-state index contributed by atoms with van der Waals surface area (Å²) < 4.78 is 1.00. The Hall–Kier alpha value is -0.0500. The molecule has 0 heterocycles. The fraction of sp³-hybridized carbons (Fsp3) is 0.455. The number of halogens is 2. The predicted octanol–water partition coefficient (Wildman–Crippen LogP) is -0.407. The minimum absolute atomic E-state index is 0. The van der Waals surface area contributed by atoms with Crippen LogP contribution >= 0.6 is 11.6 Å². The summed E-state index contributed by atoms with van der Waals surface area (Å²) >= 11 is 5.80. The Morgan fingerprint density at radius 1 is 1.07 bits per heavy atom. The van der Waals surface area contributed by atoms with Crippen molar-refractivity contribution in [3.8, 4) is 0 Å². The second kappa shape index (κ2) is 5.74. The lowest BCUT2D eigenvalue weighted by molar-refractivity contribution is -0.870. The monoisotopic (exact) mass is 277 g/mol. The fourth-order valence-electron chi connectivity index (χ4n) is 1.12. The Morgan fingerprint density at radius 3 is 2.00 bits per heavy atom. The van der Waals surface area contributed by atoms with Gasteiger partial charge in [0.05, 0.1) is 27.7 Å². The maximum absolute atomic E-state index is 5.80. The average molecular weight is 279 g/mol. The number of rotatable bonds is 3. The Morgan fingerprint density at radius 2 is 1.57 bits per heavy atom. The van der Waals surface area contributed by atoms with Gasteiger partial charge in [-0.25, -0.2) is 0 Å². The highest BCUT2D eigenvalue weighted by Gasteiger charge is 2.06. The highest BCUT2D eigenvalue weighted by Crippen LogP contribution is 2.10. The van der Waals surface area contributed by atoms with Crippen molar-refractivity contribution < 1.29 is 21.5 Å².